The standard InChI is InChI=1S/C15H18F3N3/c1-3-19-14(11-9-20-21(4-2)10-11)12-7-5-6-8-13(12)15(16,17)18/h5-10,14,19H,3-4H2,1-2H3. The van der Waals surface area contributed by atoms with Crippen molar-refractivity contribution < 1.29 is 13.2 Å². The van der Waals surface area contributed by atoms with Gasteiger partial charge in [-0.3, -0.25) is 4.68 Å². The SMILES string of the molecule is CCNC(c1cnn(CC)c1)c1ccccc1C(F)(F)F. The van der Waals surface area contributed by atoms with E-state index >= 15 is 0 Å². The zero-order valence-corrected chi connectivity index (χ0v) is 12.0. The summed E-state index contributed by atoms with van der Waals surface area (Å²) >= 11 is 0. The van der Waals surface area contributed by atoms with E-state index in [4.69, 9.17) is 0 Å². The molecule has 114 valence electrons. The molecule has 0 bridgehead atoms. The Morgan fingerprint density at radius 1 is 1.24 bits per heavy atom. The van der Waals surface area contributed by atoms with Crippen molar-refractivity contribution in [3.63, 3.8) is 0 Å². The fraction of sp³-hybridized carbons (Fsp3) is 0.400. The van der Waals surface area contributed by atoms with Crippen LogP contribution in [0, 0.1) is 0 Å². The summed E-state index contributed by atoms with van der Waals surface area (Å²) in [5, 5.41) is 7.26. The molecule has 1 aromatic heterocycles. The highest BCUT2D eigenvalue weighted by Gasteiger charge is 2.35. The molecular formula is C15H18F3N3. The second kappa shape index (κ2) is 6.30. The first-order valence-electron chi connectivity index (χ1n) is 6.89. The predicted octanol–water partition coefficient (Wildman–Crippen LogP) is 3.62. The van der Waals surface area contributed by atoms with Crippen molar-refractivity contribution in [1.29, 1.82) is 0 Å². The minimum Gasteiger partial charge on any atom is -0.306 e. The van der Waals surface area contributed by atoms with Crippen LogP contribution in [0.2, 0.25) is 0 Å². The Morgan fingerprint density at radius 2 is 1.95 bits per heavy atom. The maximum absolute atomic E-state index is 13.2. The van der Waals surface area contributed by atoms with Gasteiger partial charge in [0.25, 0.3) is 0 Å². The average molecular weight is 297 g/mol. The van der Waals surface area contributed by atoms with Gasteiger partial charge in [0.05, 0.1) is 17.8 Å². The van der Waals surface area contributed by atoms with Crippen LogP contribution in [0.4, 0.5) is 13.2 Å². The van der Waals surface area contributed by atoms with Gasteiger partial charge in [-0.15, -0.1) is 0 Å². The van der Waals surface area contributed by atoms with E-state index in [9.17, 15) is 13.2 Å². The summed E-state index contributed by atoms with van der Waals surface area (Å²) in [4.78, 5) is 0. The quantitative estimate of drug-likeness (QED) is 0.913. The van der Waals surface area contributed by atoms with Gasteiger partial charge in [0.2, 0.25) is 0 Å². The van der Waals surface area contributed by atoms with Crippen molar-refractivity contribution in [2.75, 3.05) is 6.54 Å². The van der Waals surface area contributed by atoms with Crippen LogP contribution in [-0.2, 0) is 12.7 Å². The number of benzene rings is 1. The Balaban J connectivity index is 2.48. The number of halogens is 3. The van der Waals surface area contributed by atoms with Gasteiger partial charge in [-0.2, -0.15) is 18.3 Å². The molecule has 1 aromatic carbocycles. The maximum atomic E-state index is 13.2. The van der Waals surface area contributed by atoms with Crippen molar-refractivity contribution in [2.45, 2.75) is 32.6 Å². The fourth-order valence-electron chi connectivity index (χ4n) is 2.32. The van der Waals surface area contributed by atoms with Crippen LogP contribution in [0.5, 0.6) is 0 Å². The molecule has 2 rings (SSSR count). The van der Waals surface area contributed by atoms with E-state index in [2.05, 4.69) is 10.4 Å². The number of hydrogen-bond donors (Lipinski definition) is 1. The largest absolute Gasteiger partial charge is 0.416 e. The van der Waals surface area contributed by atoms with E-state index in [1.54, 1.807) is 23.1 Å². The molecule has 0 fully saturated rings. The zero-order chi connectivity index (χ0) is 15.5. The number of nitrogens with one attached hydrogen (secondary N) is 1. The maximum Gasteiger partial charge on any atom is 0.416 e. The number of alkyl halides is 3. The van der Waals surface area contributed by atoms with Crippen LogP contribution in [0.25, 0.3) is 0 Å². The number of aryl methyl sites for hydroxylation is 1. The third-order valence-corrected chi connectivity index (χ3v) is 3.30. The molecule has 2 aromatic rings. The Hall–Kier alpha value is -1.82. The van der Waals surface area contributed by atoms with Crippen LogP contribution in [0.1, 0.15) is 36.6 Å². The van der Waals surface area contributed by atoms with Crippen LogP contribution < -0.4 is 5.32 Å². The topological polar surface area (TPSA) is 29.9 Å². The van der Waals surface area contributed by atoms with Crippen molar-refractivity contribution in [2.24, 2.45) is 0 Å². The normalized spacial score (nSPS) is 13.4. The third-order valence-electron chi connectivity index (χ3n) is 3.30. The van der Waals surface area contributed by atoms with E-state index < -0.39 is 17.8 Å². The van der Waals surface area contributed by atoms with Crippen LogP contribution >= 0.6 is 0 Å². The molecule has 1 atom stereocenters. The molecule has 0 radical (unpaired) electrons. The minimum atomic E-state index is -4.37. The molecule has 0 aliphatic heterocycles. The molecular weight excluding hydrogens is 279 g/mol. The van der Waals surface area contributed by atoms with E-state index in [-0.39, 0.29) is 5.56 Å². The Morgan fingerprint density at radius 3 is 2.52 bits per heavy atom. The van der Waals surface area contributed by atoms with E-state index in [1.165, 1.54) is 12.1 Å². The Kier molecular flexibility index (Phi) is 4.67. The summed E-state index contributed by atoms with van der Waals surface area (Å²) in [5.74, 6) is 0. The van der Waals surface area contributed by atoms with Crippen LogP contribution in [0.3, 0.4) is 0 Å². The van der Waals surface area contributed by atoms with Gasteiger partial charge < -0.3 is 5.32 Å². The molecule has 0 saturated carbocycles. The molecule has 0 aliphatic rings. The number of aromatic nitrogens is 2. The molecule has 6 heteroatoms. The lowest BCUT2D eigenvalue weighted by atomic mass is 9.96. The lowest BCUT2D eigenvalue weighted by molar-refractivity contribution is -0.138. The molecule has 0 amide bonds. The predicted molar refractivity (Wildman–Crippen MR) is 74.9 cm³/mol. The summed E-state index contributed by atoms with van der Waals surface area (Å²) in [6, 6.07) is 5.14. The van der Waals surface area contributed by atoms with Gasteiger partial charge in [-0.1, -0.05) is 25.1 Å². The Labute approximate surface area is 121 Å². The van der Waals surface area contributed by atoms with Crippen LogP contribution in [0.15, 0.2) is 36.7 Å². The molecule has 0 aliphatic carbocycles. The molecule has 1 N–H and O–H groups in total. The molecule has 0 spiro atoms. The smallest absolute Gasteiger partial charge is 0.306 e. The average Bonchev–Trinajstić information content (AvgIpc) is 2.92. The molecule has 0 saturated heterocycles. The van der Waals surface area contributed by atoms with Gasteiger partial charge in [0.15, 0.2) is 0 Å². The monoisotopic (exact) mass is 297 g/mol. The third kappa shape index (κ3) is 3.44. The minimum absolute atomic E-state index is 0.225. The van der Waals surface area contributed by atoms with E-state index in [0.29, 0.717) is 13.1 Å². The first-order chi connectivity index (χ1) is 9.97. The number of nitrogens with zero attached hydrogens (tertiary/aromatic N) is 2. The van der Waals surface area contributed by atoms with Gasteiger partial charge in [-0.05, 0) is 25.1 Å². The molecule has 1 heterocycles. The van der Waals surface area contributed by atoms with Gasteiger partial charge in [0, 0.05) is 18.3 Å². The van der Waals surface area contributed by atoms with Crippen LogP contribution in [-0.4, -0.2) is 16.3 Å². The lowest BCUT2D eigenvalue weighted by Gasteiger charge is -2.21. The molecule has 21 heavy (non-hydrogen) atoms. The first kappa shape index (κ1) is 15.6. The van der Waals surface area contributed by atoms with Crippen molar-refractivity contribution >= 4 is 0 Å². The highest BCUT2D eigenvalue weighted by Crippen LogP contribution is 2.36. The summed E-state index contributed by atoms with van der Waals surface area (Å²) in [5.41, 5.74) is 0.345. The summed E-state index contributed by atoms with van der Waals surface area (Å²) in [6.45, 7) is 5.05. The number of hydrogen-bond acceptors (Lipinski definition) is 2. The summed E-state index contributed by atoms with van der Waals surface area (Å²) in [7, 11) is 0. The first-order valence-corrected chi connectivity index (χ1v) is 6.89. The second-order valence-electron chi connectivity index (χ2n) is 4.71. The van der Waals surface area contributed by atoms with E-state index in [0.717, 1.165) is 11.6 Å². The van der Waals surface area contributed by atoms with Crippen molar-refractivity contribution in [3.8, 4) is 0 Å². The molecule has 1 unspecified atom stereocenters. The second-order valence-corrected chi connectivity index (χ2v) is 4.71. The van der Waals surface area contributed by atoms with Gasteiger partial charge in [0.1, 0.15) is 0 Å². The van der Waals surface area contributed by atoms with Gasteiger partial charge >= 0.3 is 6.18 Å². The highest BCUT2D eigenvalue weighted by atomic mass is 19.4. The Bertz CT molecular complexity index is 590. The summed E-state index contributed by atoms with van der Waals surface area (Å²) < 4.78 is 41.3. The fourth-order valence-corrected chi connectivity index (χ4v) is 2.32. The summed E-state index contributed by atoms with van der Waals surface area (Å²) in [6.07, 6.45) is -0.977. The number of rotatable bonds is 5. The van der Waals surface area contributed by atoms with Crippen molar-refractivity contribution in [1.82, 2.24) is 15.1 Å². The van der Waals surface area contributed by atoms with Gasteiger partial charge in [-0.25, -0.2) is 0 Å². The van der Waals surface area contributed by atoms with Crippen molar-refractivity contribution in [3.05, 3.63) is 53.3 Å². The van der Waals surface area contributed by atoms with E-state index in [1.807, 2.05) is 13.8 Å². The highest BCUT2D eigenvalue weighted by molar-refractivity contribution is 5.37. The molecule has 3 nitrogen and oxygen atoms in total. The zero-order valence-electron chi connectivity index (χ0n) is 12.0. The lowest BCUT2D eigenvalue weighted by Crippen LogP contribution is -2.24.